The molecule has 2 aromatic carbocycles. The molecule has 2 fully saturated rings. The van der Waals surface area contributed by atoms with Crippen LogP contribution in [0.5, 0.6) is 5.75 Å². The lowest BCUT2D eigenvalue weighted by molar-refractivity contribution is -0.179. The van der Waals surface area contributed by atoms with Gasteiger partial charge in [0.1, 0.15) is 18.0 Å². The molecule has 0 unspecified atom stereocenters. The summed E-state index contributed by atoms with van der Waals surface area (Å²) in [6, 6.07) is 14.5. The molecule has 30 heavy (non-hydrogen) atoms. The summed E-state index contributed by atoms with van der Waals surface area (Å²) in [7, 11) is 1.60. The Kier molecular flexibility index (Phi) is 5.97. The minimum Gasteiger partial charge on any atom is -0.497 e. The van der Waals surface area contributed by atoms with Crippen molar-refractivity contribution in [1.29, 1.82) is 0 Å². The van der Waals surface area contributed by atoms with Crippen LogP contribution in [0.15, 0.2) is 48.5 Å². The molecule has 0 radical (unpaired) electrons. The Bertz CT molecular complexity index is 927. The molecular formula is C23H24ClNO5. The highest BCUT2D eigenvalue weighted by atomic mass is 35.5. The van der Waals surface area contributed by atoms with Crippen LogP contribution in [0.1, 0.15) is 42.5 Å². The molecule has 6 nitrogen and oxygen atoms in total. The summed E-state index contributed by atoms with van der Waals surface area (Å²) in [5.74, 6) is -0.173. The number of amides is 1. The van der Waals surface area contributed by atoms with Crippen LogP contribution in [0.25, 0.3) is 0 Å². The number of rotatable bonds is 7. The molecule has 1 heterocycles. The van der Waals surface area contributed by atoms with Gasteiger partial charge in [0.15, 0.2) is 0 Å². The molecular weight excluding hydrogens is 406 g/mol. The Morgan fingerprint density at radius 3 is 2.53 bits per heavy atom. The molecule has 1 aliphatic carbocycles. The number of hydrogen-bond donors (Lipinski definition) is 1. The summed E-state index contributed by atoms with van der Waals surface area (Å²) in [4.78, 5) is 26.5. The van der Waals surface area contributed by atoms with Gasteiger partial charge in [-0.3, -0.25) is 9.59 Å². The summed E-state index contributed by atoms with van der Waals surface area (Å²) in [5.41, 5.74) is 1.72. The van der Waals surface area contributed by atoms with E-state index in [4.69, 9.17) is 21.1 Å². The molecule has 1 saturated carbocycles. The predicted octanol–water partition coefficient (Wildman–Crippen LogP) is 4.24. The lowest BCUT2D eigenvalue weighted by Gasteiger charge is -2.45. The first-order chi connectivity index (χ1) is 14.5. The van der Waals surface area contributed by atoms with Crippen molar-refractivity contribution < 1.29 is 24.2 Å². The summed E-state index contributed by atoms with van der Waals surface area (Å²) in [5, 5.41) is 9.88. The molecule has 0 aromatic heterocycles. The minimum atomic E-state index is -1.06. The monoisotopic (exact) mass is 429 g/mol. The van der Waals surface area contributed by atoms with Gasteiger partial charge < -0.3 is 19.5 Å². The van der Waals surface area contributed by atoms with Gasteiger partial charge in [-0.1, -0.05) is 35.9 Å². The number of aliphatic carboxylic acids is 1. The minimum absolute atomic E-state index is 0.275. The first-order valence-electron chi connectivity index (χ1n) is 10.0. The SMILES string of the molecule is COc1ccc([C@@H]2[C@@H](c3cccc(Cl)c3)O[C@@H](CC(=O)O)C(=O)N2CC2CC2)cc1. The van der Waals surface area contributed by atoms with E-state index in [0.717, 1.165) is 29.7 Å². The van der Waals surface area contributed by atoms with Gasteiger partial charge in [0.25, 0.3) is 5.91 Å². The largest absolute Gasteiger partial charge is 0.497 e. The molecule has 2 aliphatic rings. The van der Waals surface area contributed by atoms with Crippen molar-refractivity contribution in [2.75, 3.05) is 13.7 Å². The second-order valence-corrected chi connectivity index (χ2v) is 8.29. The molecule has 0 spiro atoms. The van der Waals surface area contributed by atoms with Gasteiger partial charge in [-0.2, -0.15) is 0 Å². The van der Waals surface area contributed by atoms with E-state index < -0.39 is 18.2 Å². The molecule has 158 valence electrons. The van der Waals surface area contributed by atoms with Gasteiger partial charge in [0.05, 0.1) is 19.6 Å². The first-order valence-corrected chi connectivity index (χ1v) is 10.4. The van der Waals surface area contributed by atoms with Gasteiger partial charge in [-0.25, -0.2) is 0 Å². The molecule has 4 rings (SSSR count). The molecule has 3 atom stereocenters. The fourth-order valence-corrected chi connectivity index (χ4v) is 4.17. The average molecular weight is 430 g/mol. The predicted molar refractivity (Wildman–Crippen MR) is 111 cm³/mol. The first kappa shape index (κ1) is 20.7. The molecule has 1 aliphatic heterocycles. The molecule has 1 amide bonds. The average Bonchev–Trinajstić information content (AvgIpc) is 3.55. The van der Waals surface area contributed by atoms with Crippen LogP contribution < -0.4 is 4.74 Å². The number of carboxylic acids is 1. The van der Waals surface area contributed by atoms with Crippen LogP contribution in [0.3, 0.4) is 0 Å². The zero-order valence-corrected chi connectivity index (χ0v) is 17.4. The number of carbonyl (C=O) groups is 2. The van der Waals surface area contributed by atoms with Crippen LogP contribution in [0, 0.1) is 5.92 Å². The number of ether oxygens (including phenoxy) is 2. The second kappa shape index (κ2) is 8.66. The zero-order valence-electron chi connectivity index (χ0n) is 16.7. The summed E-state index contributed by atoms with van der Waals surface area (Å²) in [6.45, 7) is 0.589. The van der Waals surface area contributed by atoms with E-state index in [-0.39, 0.29) is 18.4 Å². The van der Waals surface area contributed by atoms with Crippen molar-refractivity contribution in [3.8, 4) is 5.75 Å². The fraction of sp³-hybridized carbons (Fsp3) is 0.391. The quantitative estimate of drug-likeness (QED) is 0.712. The van der Waals surface area contributed by atoms with Gasteiger partial charge in [0, 0.05) is 11.6 Å². The molecule has 1 N–H and O–H groups in total. The van der Waals surface area contributed by atoms with E-state index in [1.54, 1.807) is 13.2 Å². The molecule has 7 heteroatoms. The van der Waals surface area contributed by atoms with Gasteiger partial charge in [0.2, 0.25) is 0 Å². The van der Waals surface area contributed by atoms with Crippen molar-refractivity contribution in [2.24, 2.45) is 5.92 Å². The van der Waals surface area contributed by atoms with E-state index >= 15 is 0 Å². The lowest BCUT2D eigenvalue weighted by atomic mass is 9.91. The third-order valence-electron chi connectivity index (χ3n) is 5.64. The number of morpholine rings is 1. The number of carbonyl (C=O) groups excluding carboxylic acids is 1. The third kappa shape index (κ3) is 4.45. The van der Waals surface area contributed by atoms with E-state index in [1.165, 1.54) is 0 Å². The zero-order chi connectivity index (χ0) is 21.3. The van der Waals surface area contributed by atoms with Crippen molar-refractivity contribution in [1.82, 2.24) is 4.90 Å². The van der Waals surface area contributed by atoms with E-state index in [9.17, 15) is 14.7 Å². The Morgan fingerprint density at radius 1 is 1.20 bits per heavy atom. The normalized spacial score (nSPS) is 24.0. The highest BCUT2D eigenvalue weighted by molar-refractivity contribution is 6.30. The van der Waals surface area contributed by atoms with Crippen molar-refractivity contribution in [3.63, 3.8) is 0 Å². The molecule has 1 saturated heterocycles. The van der Waals surface area contributed by atoms with Crippen LogP contribution in [-0.2, 0) is 14.3 Å². The van der Waals surface area contributed by atoms with Gasteiger partial charge >= 0.3 is 5.97 Å². The highest BCUT2D eigenvalue weighted by Crippen LogP contribution is 2.45. The number of hydrogen-bond acceptors (Lipinski definition) is 4. The summed E-state index contributed by atoms with van der Waals surface area (Å²) >= 11 is 6.23. The number of carboxylic acid groups (broad SMARTS) is 1. The standard InChI is InChI=1S/C23H24ClNO5/c1-29-18-9-7-15(8-10-18)21-22(16-3-2-4-17(24)11-16)30-19(12-20(26)27)23(28)25(21)13-14-5-6-14/h2-4,7-11,14,19,21-22H,5-6,12-13H2,1H3,(H,26,27)/t19-,21+,22+/m0/s1. The van der Waals surface area contributed by atoms with Crippen LogP contribution >= 0.6 is 11.6 Å². The Labute approximate surface area is 180 Å². The Morgan fingerprint density at radius 2 is 1.93 bits per heavy atom. The third-order valence-corrected chi connectivity index (χ3v) is 5.87. The smallest absolute Gasteiger partial charge is 0.306 e. The number of nitrogens with zero attached hydrogens (tertiary/aromatic N) is 1. The Hall–Kier alpha value is -2.57. The van der Waals surface area contributed by atoms with E-state index in [2.05, 4.69) is 0 Å². The number of benzene rings is 2. The fourth-order valence-electron chi connectivity index (χ4n) is 3.97. The van der Waals surface area contributed by atoms with Crippen LogP contribution in [0.4, 0.5) is 0 Å². The van der Waals surface area contributed by atoms with Crippen molar-refractivity contribution >= 4 is 23.5 Å². The maximum atomic E-state index is 13.3. The summed E-state index contributed by atoms with van der Waals surface area (Å²) < 4.78 is 11.4. The second-order valence-electron chi connectivity index (χ2n) is 7.85. The molecule has 2 aromatic rings. The maximum absolute atomic E-state index is 13.3. The van der Waals surface area contributed by atoms with Gasteiger partial charge in [-0.15, -0.1) is 0 Å². The van der Waals surface area contributed by atoms with Gasteiger partial charge in [-0.05, 0) is 54.2 Å². The Balaban J connectivity index is 1.78. The van der Waals surface area contributed by atoms with E-state index in [1.807, 2.05) is 47.4 Å². The van der Waals surface area contributed by atoms with Crippen LogP contribution in [0.2, 0.25) is 5.02 Å². The summed E-state index contributed by atoms with van der Waals surface area (Å²) in [6.07, 6.45) is 0.223. The number of methoxy groups -OCH3 is 1. The van der Waals surface area contributed by atoms with Crippen molar-refractivity contribution in [2.45, 2.75) is 37.5 Å². The topological polar surface area (TPSA) is 76.1 Å². The van der Waals surface area contributed by atoms with E-state index in [0.29, 0.717) is 17.5 Å². The number of halogens is 1. The lowest BCUT2D eigenvalue weighted by Crippen LogP contribution is -2.52. The van der Waals surface area contributed by atoms with Crippen molar-refractivity contribution in [3.05, 3.63) is 64.7 Å². The van der Waals surface area contributed by atoms with Crippen LogP contribution in [-0.4, -0.2) is 41.6 Å². The maximum Gasteiger partial charge on any atom is 0.306 e. The molecule has 0 bridgehead atoms. The highest BCUT2D eigenvalue weighted by Gasteiger charge is 2.46.